The Labute approximate surface area is 136 Å². The molecule has 23 heavy (non-hydrogen) atoms. The Morgan fingerprint density at radius 1 is 1.35 bits per heavy atom. The van der Waals surface area contributed by atoms with Crippen LogP contribution < -0.4 is 21.3 Å². The molecule has 1 aliphatic rings. The van der Waals surface area contributed by atoms with Gasteiger partial charge in [-0.05, 0) is 37.1 Å². The van der Waals surface area contributed by atoms with Gasteiger partial charge in [-0.3, -0.25) is 19.7 Å². The minimum Gasteiger partial charge on any atom is -0.302 e. The summed E-state index contributed by atoms with van der Waals surface area (Å²) in [4.78, 5) is 35.7. The van der Waals surface area contributed by atoms with Gasteiger partial charge in [0, 0.05) is 17.8 Å². The molecule has 2 heterocycles. The lowest BCUT2D eigenvalue weighted by molar-refractivity contribution is -0.135. The summed E-state index contributed by atoms with van der Waals surface area (Å²) in [5.74, 6) is -0.716. The van der Waals surface area contributed by atoms with Gasteiger partial charge in [-0.2, -0.15) is 0 Å². The highest BCUT2D eigenvalue weighted by atomic mass is 16.2. The lowest BCUT2D eigenvalue weighted by Gasteiger charge is -2.22. The maximum absolute atomic E-state index is 12.6. The van der Waals surface area contributed by atoms with E-state index in [1.54, 1.807) is 31.3 Å². The number of imide groups is 1. The molecule has 0 aliphatic carbocycles. The Balaban J connectivity index is 0.00000127. The normalized spacial score (nSPS) is 19.5. The molecule has 0 aromatic carbocycles. The predicted molar refractivity (Wildman–Crippen MR) is 92.1 cm³/mol. The van der Waals surface area contributed by atoms with Crippen molar-refractivity contribution < 1.29 is 9.59 Å². The van der Waals surface area contributed by atoms with Crippen molar-refractivity contribution >= 4 is 23.5 Å². The summed E-state index contributed by atoms with van der Waals surface area (Å²) in [6.45, 7) is 11.4. The van der Waals surface area contributed by atoms with Crippen molar-refractivity contribution in [3.63, 3.8) is 0 Å². The van der Waals surface area contributed by atoms with Gasteiger partial charge in [0.2, 0.25) is 11.8 Å². The van der Waals surface area contributed by atoms with Crippen molar-refractivity contribution in [1.29, 1.82) is 0 Å². The Morgan fingerprint density at radius 3 is 2.52 bits per heavy atom. The Kier molecular flexibility index (Phi) is 6.69. The first-order chi connectivity index (χ1) is 11.0. The lowest BCUT2D eigenvalue weighted by Crippen LogP contribution is -2.50. The van der Waals surface area contributed by atoms with E-state index >= 15 is 0 Å². The molecule has 1 N–H and O–H groups in total. The number of pyridine rings is 1. The number of hydrogen-bond donors (Lipinski definition) is 1. The van der Waals surface area contributed by atoms with Crippen molar-refractivity contribution in [2.24, 2.45) is 0 Å². The highest BCUT2D eigenvalue weighted by molar-refractivity contribution is 5.99. The molecule has 0 spiro atoms. The molecular formula is C18H24N2O3. The minimum absolute atomic E-state index is 0.231. The van der Waals surface area contributed by atoms with Gasteiger partial charge < -0.3 is 4.57 Å². The molecule has 124 valence electrons. The maximum atomic E-state index is 12.6. The number of nitrogens with one attached hydrogen (secondary N) is 1. The average Bonchev–Trinajstić information content (AvgIpc) is 2.56. The Morgan fingerprint density at radius 2 is 2.00 bits per heavy atom. The van der Waals surface area contributed by atoms with Gasteiger partial charge in [0.05, 0.1) is 0 Å². The highest BCUT2D eigenvalue weighted by Crippen LogP contribution is 2.15. The van der Waals surface area contributed by atoms with Gasteiger partial charge >= 0.3 is 0 Å². The Bertz CT molecular complexity index is 787. The quantitative estimate of drug-likeness (QED) is 0.828. The van der Waals surface area contributed by atoms with E-state index in [-0.39, 0.29) is 17.9 Å². The number of allylic oxidation sites excluding steroid dienone is 1. The van der Waals surface area contributed by atoms with E-state index in [4.69, 9.17) is 0 Å². The summed E-state index contributed by atoms with van der Waals surface area (Å²) in [7, 11) is 0. The number of nitrogens with zero attached hydrogens (tertiary/aromatic N) is 1. The maximum Gasteiger partial charge on any atom is 0.258 e. The zero-order chi connectivity index (χ0) is 17.6. The van der Waals surface area contributed by atoms with Crippen molar-refractivity contribution in [2.75, 3.05) is 0 Å². The van der Waals surface area contributed by atoms with Crippen molar-refractivity contribution in [3.8, 4) is 0 Å². The molecule has 1 fully saturated rings. The van der Waals surface area contributed by atoms with Crippen LogP contribution in [0.4, 0.5) is 0 Å². The monoisotopic (exact) mass is 316 g/mol. The summed E-state index contributed by atoms with van der Waals surface area (Å²) in [5, 5.41) is 3.62. The second kappa shape index (κ2) is 8.27. The molecule has 1 atom stereocenters. The van der Waals surface area contributed by atoms with E-state index in [9.17, 15) is 14.4 Å². The molecule has 5 heteroatoms. The first-order valence-corrected chi connectivity index (χ1v) is 7.84. The molecular weight excluding hydrogens is 292 g/mol. The summed E-state index contributed by atoms with van der Waals surface area (Å²) < 4.78 is 1.40. The average molecular weight is 316 g/mol. The summed E-state index contributed by atoms with van der Waals surface area (Å²) in [5.41, 5.74) is 0.668. The van der Waals surface area contributed by atoms with Crippen LogP contribution in [0.15, 0.2) is 29.7 Å². The van der Waals surface area contributed by atoms with Crippen LogP contribution in [0.25, 0.3) is 11.6 Å². The second-order valence-corrected chi connectivity index (χ2v) is 5.00. The van der Waals surface area contributed by atoms with Crippen LogP contribution in [0, 0.1) is 0 Å². The minimum atomic E-state index is -0.632. The largest absolute Gasteiger partial charge is 0.302 e. The van der Waals surface area contributed by atoms with Crippen LogP contribution in [-0.2, 0) is 9.59 Å². The lowest BCUT2D eigenvalue weighted by atomic mass is 10.1. The van der Waals surface area contributed by atoms with Crippen LogP contribution in [0.1, 0.15) is 46.6 Å². The number of amides is 2. The van der Waals surface area contributed by atoms with Gasteiger partial charge in [-0.1, -0.05) is 32.6 Å². The summed E-state index contributed by atoms with van der Waals surface area (Å²) >= 11 is 0. The van der Waals surface area contributed by atoms with Crippen LogP contribution in [-0.4, -0.2) is 16.4 Å². The Hall–Kier alpha value is -2.43. The first kappa shape index (κ1) is 18.6. The molecule has 1 aliphatic heterocycles. The third-order valence-corrected chi connectivity index (χ3v) is 3.72. The molecule has 0 saturated carbocycles. The van der Waals surface area contributed by atoms with Crippen LogP contribution in [0.2, 0.25) is 0 Å². The first-order valence-electron chi connectivity index (χ1n) is 7.84. The van der Waals surface area contributed by atoms with Gasteiger partial charge in [0.25, 0.3) is 5.56 Å². The van der Waals surface area contributed by atoms with Gasteiger partial charge in [-0.15, -0.1) is 0 Å². The van der Waals surface area contributed by atoms with E-state index in [2.05, 4.69) is 11.9 Å². The highest BCUT2D eigenvalue weighted by Gasteiger charge is 2.28. The van der Waals surface area contributed by atoms with E-state index in [1.165, 1.54) is 4.57 Å². The molecule has 0 radical (unpaired) electrons. The van der Waals surface area contributed by atoms with Crippen LogP contribution in [0.5, 0.6) is 0 Å². The van der Waals surface area contributed by atoms with Crippen molar-refractivity contribution in [1.82, 2.24) is 9.88 Å². The molecule has 1 unspecified atom stereocenters. The fraction of sp³-hybridized carbons (Fsp3) is 0.389. The molecule has 5 nitrogen and oxygen atoms in total. The number of hydrogen-bond acceptors (Lipinski definition) is 3. The van der Waals surface area contributed by atoms with E-state index in [0.717, 1.165) is 10.8 Å². The number of carbonyl (C=O) groups excluding carboxylic acids is 2. The molecule has 2 amide bonds. The van der Waals surface area contributed by atoms with Gasteiger partial charge in [0.1, 0.15) is 6.04 Å². The van der Waals surface area contributed by atoms with Crippen molar-refractivity contribution in [2.45, 2.75) is 46.6 Å². The third-order valence-electron chi connectivity index (χ3n) is 3.72. The number of piperidine rings is 1. The number of aromatic nitrogens is 1. The molecule has 2 rings (SSSR count). The standard InChI is InChI=1S/C16H18N2O3.C2H6/c1-4-10(3)12-8-9-18(16(21)11(12)5-2)13-6-7-14(19)17-15(13)20;1-2/h4-5,8-9,13H,1,6-7H2,2-3H3,(H,17,19,20);1-2H3/b11-5+,12-10-;. The molecule has 0 bridgehead atoms. The fourth-order valence-electron chi connectivity index (χ4n) is 2.49. The SMILES string of the molecule is C=C/C(C)=c1/ccn(C2CCC(=O)NC2=O)c(=O)/c1=C/C.CC. The van der Waals surface area contributed by atoms with E-state index in [1.807, 2.05) is 20.8 Å². The smallest absolute Gasteiger partial charge is 0.258 e. The van der Waals surface area contributed by atoms with Gasteiger partial charge in [-0.25, -0.2) is 0 Å². The zero-order valence-corrected chi connectivity index (χ0v) is 14.2. The van der Waals surface area contributed by atoms with Crippen LogP contribution >= 0.6 is 0 Å². The third kappa shape index (κ3) is 3.86. The van der Waals surface area contributed by atoms with Crippen molar-refractivity contribution in [3.05, 3.63) is 45.7 Å². The van der Waals surface area contributed by atoms with Crippen LogP contribution in [0.3, 0.4) is 0 Å². The second-order valence-electron chi connectivity index (χ2n) is 5.00. The topological polar surface area (TPSA) is 68.2 Å². The summed E-state index contributed by atoms with van der Waals surface area (Å²) in [6.07, 6.45) is 5.62. The number of carbonyl (C=O) groups is 2. The van der Waals surface area contributed by atoms with E-state index in [0.29, 0.717) is 11.6 Å². The fourth-order valence-corrected chi connectivity index (χ4v) is 2.49. The molecule has 1 aromatic heterocycles. The van der Waals surface area contributed by atoms with Gasteiger partial charge in [0.15, 0.2) is 0 Å². The summed E-state index contributed by atoms with van der Waals surface area (Å²) in [6, 6.07) is 1.17. The number of rotatable bonds is 2. The zero-order valence-electron chi connectivity index (χ0n) is 14.2. The molecule has 1 aromatic rings. The molecule has 1 saturated heterocycles. The predicted octanol–water partition coefficient (Wildman–Crippen LogP) is 1.01. The van der Waals surface area contributed by atoms with E-state index < -0.39 is 11.9 Å².